The van der Waals surface area contributed by atoms with Crippen LogP contribution in [0, 0.1) is 0 Å². The van der Waals surface area contributed by atoms with Crippen LogP contribution in [0.2, 0.25) is 5.02 Å². The molecule has 2 N–H and O–H groups in total. The van der Waals surface area contributed by atoms with Crippen molar-refractivity contribution in [3.63, 3.8) is 0 Å². The minimum absolute atomic E-state index is 0.0611. The van der Waals surface area contributed by atoms with Crippen LogP contribution < -0.4 is 5.32 Å². The van der Waals surface area contributed by atoms with Crippen molar-refractivity contribution < 1.29 is 0 Å². The number of nitrogens with one attached hydrogen (secondary N) is 2. The van der Waals surface area contributed by atoms with Crippen molar-refractivity contribution in [2.75, 3.05) is 6.54 Å². The van der Waals surface area contributed by atoms with E-state index in [1.165, 1.54) is 0 Å². The second-order valence-electron chi connectivity index (χ2n) is 3.83. The van der Waals surface area contributed by atoms with Gasteiger partial charge in [0, 0.05) is 5.02 Å². The first-order chi connectivity index (χ1) is 8.31. The minimum atomic E-state index is 0.0611. The van der Waals surface area contributed by atoms with Gasteiger partial charge in [-0.05, 0) is 30.7 Å². The Labute approximate surface area is 105 Å². The molecule has 17 heavy (non-hydrogen) atoms. The summed E-state index contributed by atoms with van der Waals surface area (Å²) in [5.41, 5.74) is 2.03. The van der Waals surface area contributed by atoms with Gasteiger partial charge >= 0.3 is 0 Å². The fourth-order valence-corrected chi connectivity index (χ4v) is 1.81. The number of benzene rings is 1. The van der Waals surface area contributed by atoms with E-state index in [2.05, 4.69) is 27.7 Å². The lowest BCUT2D eigenvalue weighted by atomic mass is 10.0. The zero-order chi connectivity index (χ0) is 12.1. The summed E-state index contributed by atoms with van der Waals surface area (Å²) in [4.78, 5) is 0. The van der Waals surface area contributed by atoms with Gasteiger partial charge in [0.1, 0.15) is 5.69 Å². The van der Waals surface area contributed by atoms with Crippen molar-refractivity contribution in [2.45, 2.75) is 19.4 Å². The molecular formula is C12H15ClN4. The monoisotopic (exact) mass is 250 g/mol. The largest absolute Gasteiger partial charge is 0.305 e. The molecule has 0 saturated heterocycles. The molecule has 4 nitrogen and oxygen atoms in total. The number of hydrogen-bond donors (Lipinski definition) is 2. The molecule has 1 atom stereocenters. The Kier molecular flexibility index (Phi) is 4.12. The van der Waals surface area contributed by atoms with E-state index in [1.54, 1.807) is 6.20 Å². The summed E-state index contributed by atoms with van der Waals surface area (Å²) >= 11 is 5.89. The number of halogens is 1. The summed E-state index contributed by atoms with van der Waals surface area (Å²) in [6.07, 6.45) is 2.81. The van der Waals surface area contributed by atoms with E-state index in [0.717, 1.165) is 29.2 Å². The van der Waals surface area contributed by atoms with E-state index in [9.17, 15) is 0 Å². The van der Waals surface area contributed by atoms with Gasteiger partial charge in [0.15, 0.2) is 0 Å². The summed E-state index contributed by atoms with van der Waals surface area (Å²) in [5, 5.41) is 14.8. The van der Waals surface area contributed by atoms with Gasteiger partial charge in [0.2, 0.25) is 0 Å². The molecule has 0 aliphatic carbocycles. The number of aromatic amines is 1. The number of hydrogen-bond acceptors (Lipinski definition) is 3. The van der Waals surface area contributed by atoms with Crippen LogP contribution in [0.4, 0.5) is 0 Å². The second kappa shape index (κ2) is 5.80. The fraction of sp³-hybridized carbons (Fsp3) is 0.333. The summed E-state index contributed by atoms with van der Waals surface area (Å²) in [7, 11) is 0. The quantitative estimate of drug-likeness (QED) is 0.858. The maximum Gasteiger partial charge on any atom is 0.104 e. The zero-order valence-corrected chi connectivity index (χ0v) is 10.4. The molecule has 1 heterocycles. The van der Waals surface area contributed by atoms with E-state index < -0.39 is 0 Å². The Morgan fingerprint density at radius 3 is 2.71 bits per heavy atom. The molecule has 1 unspecified atom stereocenters. The Balaban J connectivity index is 2.23. The third kappa shape index (κ3) is 3.05. The highest BCUT2D eigenvalue weighted by Gasteiger charge is 2.15. The summed E-state index contributed by atoms with van der Waals surface area (Å²) in [6.45, 7) is 3.06. The Morgan fingerprint density at radius 1 is 1.35 bits per heavy atom. The van der Waals surface area contributed by atoms with Gasteiger partial charge in [-0.2, -0.15) is 15.4 Å². The van der Waals surface area contributed by atoms with Crippen molar-refractivity contribution in [1.82, 2.24) is 20.7 Å². The van der Waals surface area contributed by atoms with Gasteiger partial charge in [0.25, 0.3) is 0 Å². The lowest BCUT2D eigenvalue weighted by Crippen LogP contribution is -2.23. The average Bonchev–Trinajstić information content (AvgIpc) is 2.85. The molecule has 2 rings (SSSR count). The van der Waals surface area contributed by atoms with Gasteiger partial charge in [-0.3, -0.25) is 0 Å². The van der Waals surface area contributed by atoms with E-state index in [1.807, 2.05) is 24.3 Å². The molecule has 0 spiro atoms. The number of nitrogens with zero attached hydrogens (tertiary/aromatic N) is 2. The zero-order valence-electron chi connectivity index (χ0n) is 9.65. The molecule has 90 valence electrons. The van der Waals surface area contributed by atoms with Crippen molar-refractivity contribution in [1.29, 1.82) is 0 Å². The molecule has 0 saturated carbocycles. The Morgan fingerprint density at radius 2 is 2.12 bits per heavy atom. The third-order valence-corrected chi connectivity index (χ3v) is 2.78. The smallest absolute Gasteiger partial charge is 0.104 e. The fourth-order valence-electron chi connectivity index (χ4n) is 1.69. The number of H-pyrrole nitrogens is 1. The standard InChI is InChI=1S/C12H15ClN4/c1-2-7-14-12(11-8-15-17-16-11)9-3-5-10(13)6-4-9/h3-6,8,12,14H,2,7H2,1H3,(H,15,16,17). The number of rotatable bonds is 5. The van der Waals surface area contributed by atoms with Crippen molar-refractivity contribution in [3.05, 3.63) is 46.7 Å². The lowest BCUT2D eigenvalue weighted by molar-refractivity contribution is 0.585. The lowest BCUT2D eigenvalue weighted by Gasteiger charge is -2.16. The second-order valence-corrected chi connectivity index (χ2v) is 4.27. The first-order valence-electron chi connectivity index (χ1n) is 5.65. The first-order valence-corrected chi connectivity index (χ1v) is 6.03. The Bertz CT molecular complexity index is 438. The predicted molar refractivity (Wildman–Crippen MR) is 68.0 cm³/mol. The highest BCUT2D eigenvalue weighted by atomic mass is 35.5. The van der Waals surface area contributed by atoms with Gasteiger partial charge in [-0.1, -0.05) is 30.7 Å². The van der Waals surface area contributed by atoms with Crippen LogP contribution in [-0.2, 0) is 0 Å². The predicted octanol–water partition coefficient (Wildman–Crippen LogP) is 2.55. The first kappa shape index (κ1) is 12.1. The molecule has 0 aliphatic rings. The maximum absolute atomic E-state index is 5.89. The molecule has 0 aliphatic heterocycles. The van der Waals surface area contributed by atoms with Gasteiger partial charge < -0.3 is 5.32 Å². The Hall–Kier alpha value is -1.39. The summed E-state index contributed by atoms with van der Waals surface area (Å²) < 4.78 is 0. The number of aromatic nitrogens is 3. The van der Waals surface area contributed by atoms with E-state index in [-0.39, 0.29) is 6.04 Å². The molecule has 5 heteroatoms. The van der Waals surface area contributed by atoms with Gasteiger partial charge in [0.05, 0.1) is 12.2 Å². The van der Waals surface area contributed by atoms with Crippen molar-refractivity contribution >= 4 is 11.6 Å². The van der Waals surface area contributed by atoms with Crippen LogP contribution in [0.3, 0.4) is 0 Å². The van der Waals surface area contributed by atoms with Crippen LogP contribution in [0.15, 0.2) is 30.5 Å². The van der Waals surface area contributed by atoms with Gasteiger partial charge in [-0.15, -0.1) is 0 Å². The van der Waals surface area contributed by atoms with Crippen LogP contribution in [0.25, 0.3) is 0 Å². The molecule has 1 aromatic heterocycles. The summed E-state index contributed by atoms with van der Waals surface area (Å²) in [5.74, 6) is 0. The maximum atomic E-state index is 5.89. The molecule has 2 aromatic rings. The van der Waals surface area contributed by atoms with Gasteiger partial charge in [-0.25, -0.2) is 0 Å². The average molecular weight is 251 g/mol. The van der Waals surface area contributed by atoms with E-state index in [4.69, 9.17) is 11.6 Å². The molecule has 1 aromatic carbocycles. The van der Waals surface area contributed by atoms with Crippen LogP contribution >= 0.6 is 11.6 Å². The molecule has 0 fully saturated rings. The topological polar surface area (TPSA) is 53.6 Å². The minimum Gasteiger partial charge on any atom is -0.305 e. The van der Waals surface area contributed by atoms with Crippen molar-refractivity contribution in [3.8, 4) is 0 Å². The highest BCUT2D eigenvalue weighted by Crippen LogP contribution is 2.21. The van der Waals surface area contributed by atoms with E-state index in [0.29, 0.717) is 0 Å². The molecule has 0 amide bonds. The SMILES string of the molecule is CCCNC(c1ccc(Cl)cc1)c1cn[nH]n1. The molecule has 0 bridgehead atoms. The van der Waals surface area contributed by atoms with E-state index >= 15 is 0 Å². The van der Waals surface area contributed by atoms with Crippen LogP contribution in [0.1, 0.15) is 30.6 Å². The van der Waals surface area contributed by atoms with Crippen LogP contribution in [-0.4, -0.2) is 22.0 Å². The van der Waals surface area contributed by atoms with Crippen LogP contribution in [0.5, 0.6) is 0 Å². The molecule has 0 radical (unpaired) electrons. The third-order valence-electron chi connectivity index (χ3n) is 2.53. The van der Waals surface area contributed by atoms with Crippen molar-refractivity contribution in [2.24, 2.45) is 0 Å². The summed E-state index contributed by atoms with van der Waals surface area (Å²) in [6, 6.07) is 7.84. The molecular weight excluding hydrogens is 236 g/mol. The highest BCUT2D eigenvalue weighted by molar-refractivity contribution is 6.30. The normalized spacial score (nSPS) is 12.6.